The van der Waals surface area contributed by atoms with E-state index in [4.69, 9.17) is 0 Å². The predicted octanol–water partition coefficient (Wildman–Crippen LogP) is 2.55. The van der Waals surface area contributed by atoms with E-state index in [9.17, 15) is 13.2 Å². The summed E-state index contributed by atoms with van der Waals surface area (Å²) in [6, 6.07) is 1.50. The standard InChI is InChI=1S/C9H6F3N3S/c10-9(11,12)7-6-3-5-4-13-1-2-15(5)8(6)14-16-7/h3-4H,1-2H2. The zero-order valence-corrected chi connectivity index (χ0v) is 8.77. The van der Waals surface area contributed by atoms with E-state index >= 15 is 0 Å². The number of hydrogen-bond acceptors (Lipinski definition) is 3. The average molecular weight is 245 g/mol. The van der Waals surface area contributed by atoms with Gasteiger partial charge in [-0.15, -0.1) is 0 Å². The van der Waals surface area contributed by atoms with E-state index in [1.807, 2.05) is 0 Å². The van der Waals surface area contributed by atoms with Crippen molar-refractivity contribution in [3.63, 3.8) is 0 Å². The summed E-state index contributed by atoms with van der Waals surface area (Å²) in [7, 11) is 0. The number of hydrogen-bond donors (Lipinski definition) is 0. The van der Waals surface area contributed by atoms with Gasteiger partial charge in [-0.05, 0) is 17.6 Å². The molecule has 16 heavy (non-hydrogen) atoms. The maximum atomic E-state index is 12.6. The molecule has 1 aliphatic rings. The minimum atomic E-state index is -4.33. The molecule has 0 bridgehead atoms. The number of halogens is 3. The van der Waals surface area contributed by atoms with Crippen LogP contribution in [-0.4, -0.2) is 21.7 Å². The summed E-state index contributed by atoms with van der Waals surface area (Å²) in [5, 5.41) is 0.181. The molecule has 0 aromatic carbocycles. The molecule has 7 heteroatoms. The van der Waals surface area contributed by atoms with Crippen molar-refractivity contribution in [2.75, 3.05) is 6.54 Å². The second kappa shape index (κ2) is 3.07. The molecule has 3 nitrogen and oxygen atoms in total. The Morgan fingerprint density at radius 2 is 2.19 bits per heavy atom. The fourth-order valence-electron chi connectivity index (χ4n) is 1.82. The molecule has 3 rings (SSSR count). The summed E-state index contributed by atoms with van der Waals surface area (Å²) >= 11 is 0.509. The van der Waals surface area contributed by atoms with Gasteiger partial charge >= 0.3 is 6.18 Å². The van der Waals surface area contributed by atoms with Crippen LogP contribution in [0, 0.1) is 0 Å². The van der Waals surface area contributed by atoms with Crippen LogP contribution in [0.1, 0.15) is 10.6 Å². The summed E-state index contributed by atoms with van der Waals surface area (Å²) in [4.78, 5) is 3.41. The average Bonchev–Trinajstić information content (AvgIpc) is 2.73. The fraction of sp³-hybridized carbons (Fsp3) is 0.333. The van der Waals surface area contributed by atoms with Gasteiger partial charge < -0.3 is 4.57 Å². The van der Waals surface area contributed by atoms with E-state index in [2.05, 4.69) is 9.37 Å². The van der Waals surface area contributed by atoms with Crippen LogP contribution in [0.5, 0.6) is 0 Å². The maximum absolute atomic E-state index is 12.6. The first-order chi connectivity index (χ1) is 7.57. The van der Waals surface area contributed by atoms with E-state index < -0.39 is 11.1 Å². The molecule has 1 aliphatic heterocycles. The van der Waals surface area contributed by atoms with Gasteiger partial charge in [-0.3, -0.25) is 4.99 Å². The van der Waals surface area contributed by atoms with Crippen LogP contribution in [0.15, 0.2) is 11.1 Å². The van der Waals surface area contributed by atoms with Crippen LogP contribution < -0.4 is 0 Å². The van der Waals surface area contributed by atoms with Gasteiger partial charge in [-0.2, -0.15) is 17.5 Å². The van der Waals surface area contributed by atoms with Gasteiger partial charge in [0.05, 0.1) is 12.2 Å². The Morgan fingerprint density at radius 1 is 1.38 bits per heavy atom. The molecule has 2 aromatic rings. The van der Waals surface area contributed by atoms with Gasteiger partial charge in [-0.1, -0.05) is 0 Å². The molecule has 2 aromatic heterocycles. The van der Waals surface area contributed by atoms with Crippen LogP contribution >= 0.6 is 11.5 Å². The molecule has 0 atom stereocenters. The van der Waals surface area contributed by atoms with E-state index in [0.717, 1.165) is 0 Å². The highest BCUT2D eigenvalue weighted by Gasteiger charge is 2.36. The lowest BCUT2D eigenvalue weighted by Gasteiger charge is -2.08. The Morgan fingerprint density at radius 3 is 2.94 bits per heavy atom. The van der Waals surface area contributed by atoms with E-state index in [1.54, 1.807) is 10.8 Å². The second-order valence-corrected chi connectivity index (χ2v) is 4.28. The minimum Gasteiger partial charge on any atom is -0.322 e. The number of aliphatic imine (C=N–C) groups is 1. The third kappa shape index (κ3) is 1.27. The van der Waals surface area contributed by atoms with Gasteiger partial charge in [-0.25, -0.2) is 0 Å². The third-order valence-electron chi connectivity index (χ3n) is 2.50. The Balaban J connectivity index is 2.29. The zero-order valence-electron chi connectivity index (χ0n) is 7.95. The Kier molecular flexibility index (Phi) is 1.88. The lowest BCUT2D eigenvalue weighted by Crippen LogP contribution is -2.10. The number of alkyl halides is 3. The molecule has 0 aliphatic carbocycles. The van der Waals surface area contributed by atoms with Crippen molar-refractivity contribution < 1.29 is 13.2 Å². The summed E-state index contributed by atoms with van der Waals surface area (Å²) in [6.45, 7) is 1.19. The van der Waals surface area contributed by atoms with Crippen molar-refractivity contribution >= 4 is 28.8 Å². The van der Waals surface area contributed by atoms with E-state index in [-0.39, 0.29) is 5.39 Å². The lowest BCUT2D eigenvalue weighted by atomic mass is 10.3. The van der Waals surface area contributed by atoms with Gasteiger partial charge in [0.2, 0.25) is 0 Å². The fourth-order valence-corrected chi connectivity index (χ4v) is 2.55. The number of fused-ring (bicyclic) bond motifs is 3. The molecular weight excluding hydrogens is 239 g/mol. The molecule has 3 heterocycles. The van der Waals surface area contributed by atoms with Gasteiger partial charge in [0.1, 0.15) is 4.88 Å². The van der Waals surface area contributed by atoms with Gasteiger partial charge in [0.15, 0.2) is 5.65 Å². The highest BCUT2D eigenvalue weighted by molar-refractivity contribution is 7.07. The zero-order chi connectivity index (χ0) is 11.3. The molecule has 0 spiro atoms. The smallest absolute Gasteiger partial charge is 0.322 e. The topological polar surface area (TPSA) is 30.2 Å². The molecule has 0 amide bonds. The SMILES string of the molecule is FC(F)(F)c1snc2c1cc1n2CCN=C1. The maximum Gasteiger partial charge on any atom is 0.427 e. The third-order valence-corrected chi connectivity index (χ3v) is 3.40. The summed E-state index contributed by atoms with van der Waals surface area (Å²) in [5.41, 5.74) is 1.11. The Bertz CT molecular complexity index is 579. The van der Waals surface area contributed by atoms with Crippen molar-refractivity contribution in [1.82, 2.24) is 8.94 Å². The Hall–Kier alpha value is -1.37. The number of aromatic nitrogens is 2. The van der Waals surface area contributed by atoms with Crippen LogP contribution in [-0.2, 0) is 12.7 Å². The molecule has 0 radical (unpaired) electrons. The molecule has 0 N–H and O–H groups in total. The van der Waals surface area contributed by atoms with Crippen LogP contribution in [0.2, 0.25) is 0 Å². The van der Waals surface area contributed by atoms with Gasteiger partial charge in [0.25, 0.3) is 0 Å². The first kappa shape index (κ1) is 9.83. The number of rotatable bonds is 0. The van der Waals surface area contributed by atoms with Crippen molar-refractivity contribution in [2.45, 2.75) is 12.7 Å². The number of nitrogens with zero attached hydrogens (tertiary/aromatic N) is 3. The van der Waals surface area contributed by atoms with Crippen molar-refractivity contribution in [2.24, 2.45) is 4.99 Å². The highest BCUT2D eigenvalue weighted by Crippen LogP contribution is 2.38. The quantitative estimate of drug-likeness (QED) is 0.701. The molecular formula is C9H6F3N3S. The predicted molar refractivity (Wildman–Crippen MR) is 55.1 cm³/mol. The largest absolute Gasteiger partial charge is 0.427 e. The molecule has 0 saturated carbocycles. The van der Waals surface area contributed by atoms with Crippen LogP contribution in [0.3, 0.4) is 0 Å². The summed E-state index contributed by atoms with van der Waals surface area (Å²) in [6.07, 6.45) is -2.73. The molecule has 0 saturated heterocycles. The molecule has 0 unspecified atom stereocenters. The lowest BCUT2D eigenvalue weighted by molar-refractivity contribution is -0.133. The van der Waals surface area contributed by atoms with Gasteiger partial charge in [0, 0.05) is 18.1 Å². The summed E-state index contributed by atoms with van der Waals surface area (Å²) < 4.78 is 43.6. The van der Waals surface area contributed by atoms with Crippen molar-refractivity contribution in [1.29, 1.82) is 0 Å². The minimum absolute atomic E-state index is 0.181. The van der Waals surface area contributed by atoms with Crippen molar-refractivity contribution in [3.8, 4) is 0 Å². The first-order valence-electron chi connectivity index (χ1n) is 4.63. The normalized spacial score (nSPS) is 15.7. The Labute approximate surface area is 92.4 Å². The van der Waals surface area contributed by atoms with Crippen molar-refractivity contribution in [3.05, 3.63) is 16.6 Å². The summed E-state index contributed by atoms with van der Waals surface area (Å²) in [5.74, 6) is 0. The monoisotopic (exact) mass is 245 g/mol. The van der Waals surface area contributed by atoms with E-state index in [0.29, 0.717) is 36.0 Å². The van der Waals surface area contributed by atoms with Crippen LogP contribution in [0.4, 0.5) is 13.2 Å². The molecule has 84 valence electrons. The first-order valence-corrected chi connectivity index (χ1v) is 5.40. The van der Waals surface area contributed by atoms with Crippen LogP contribution in [0.25, 0.3) is 11.0 Å². The molecule has 0 fully saturated rings. The van der Waals surface area contributed by atoms with E-state index in [1.165, 1.54) is 6.07 Å². The highest BCUT2D eigenvalue weighted by atomic mass is 32.1. The second-order valence-electron chi connectivity index (χ2n) is 3.50.